The van der Waals surface area contributed by atoms with E-state index in [-0.39, 0.29) is 0 Å². The highest BCUT2D eigenvalue weighted by Crippen LogP contribution is 2.31. The minimum atomic E-state index is -0.880. The van der Waals surface area contributed by atoms with Gasteiger partial charge in [-0.3, -0.25) is 4.90 Å². The average molecular weight is 333 g/mol. The van der Waals surface area contributed by atoms with Crippen LogP contribution in [0.5, 0.6) is 0 Å². The van der Waals surface area contributed by atoms with Crippen molar-refractivity contribution in [1.82, 2.24) is 15.0 Å². The van der Waals surface area contributed by atoms with Crippen molar-refractivity contribution in [3.63, 3.8) is 0 Å². The summed E-state index contributed by atoms with van der Waals surface area (Å²) >= 11 is 1.62. The first kappa shape index (κ1) is 14.5. The van der Waals surface area contributed by atoms with Crippen LogP contribution in [0, 0.1) is 11.6 Å². The smallest absolute Gasteiger partial charge is 0.159 e. The summed E-state index contributed by atoms with van der Waals surface area (Å²) in [6.45, 7) is 2.28. The van der Waals surface area contributed by atoms with Gasteiger partial charge in [-0.25, -0.2) is 13.8 Å². The van der Waals surface area contributed by atoms with E-state index >= 15 is 0 Å². The molecule has 0 N–H and O–H groups in total. The predicted octanol–water partition coefficient (Wildman–Crippen LogP) is 3.63. The Bertz CT molecular complexity index is 832. The molecule has 0 amide bonds. The van der Waals surface area contributed by atoms with E-state index in [1.807, 2.05) is 5.38 Å². The topological polar surface area (TPSA) is 42.2 Å². The second-order valence-corrected chi connectivity index (χ2v) is 6.43. The molecule has 23 heavy (non-hydrogen) atoms. The first-order valence-electron chi connectivity index (χ1n) is 7.24. The molecule has 118 valence electrons. The number of hydrogen-bond acceptors (Lipinski definition) is 5. The van der Waals surface area contributed by atoms with Crippen molar-refractivity contribution in [3.05, 3.63) is 57.7 Å². The Kier molecular flexibility index (Phi) is 3.66. The Morgan fingerprint density at radius 3 is 2.96 bits per heavy atom. The highest BCUT2D eigenvalue weighted by atomic mass is 32.1. The van der Waals surface area contributed by atoms with Crippen LogP contribution < -0.4 is 0 Å². The first-order valence-corrected chi connectivity index (χ1v) is 8.12. The molecule has 1 aliphatic heterocycles. The summed E-state index contributed by atoms with van der Waals surface area (Å²) < 4.78 is 32.0. The van der Waals surface area contributed by atoms with Crippen LogP contribution in [0.25, 0.3) is 11.3 Å². The fourth-order valence-electron chi connectivity index (χ4n) is 2.79. The molecule has 0 atom stereocenters. The minimum absolute atomic E-state index is 0.532. The number of hydrogen-bond donors (Lipinski definition) is 0. The molecule has 0 aliphatic carbocycles. The number of thiazole rings is 1. The first-order chi connectivity index (χ1) is 11.2. The molecule has 1 aliphatic rings. The van der Waals surface area contributed by atoms with Crippen molar-refractivity contribution in [2.75, 3.05) is 6.54 Å². The van der Waals surface area contributed by atoms with Crippen LogP contribution in [0.4, 0.5) is 8.78 Å². The Hall–Kier alpha value is -2.12. The van der Waals surface area contributed by atoms with Crippen LogP contribution >= 0.6 is 11.3 Å². The molecule has 4 nitrogen and oxygen atoms in total. The van der Waals surface area contributed by atoms with Gasteiger partial charge in [-0.2, -0.15) is 0 Å². The van der Waals surface area contributed by atoms with E-state index in [9.17, 15) is 8.78 Å². The van der Waals surface area contributed by atoms with Gasteiger partial charge in [-0.1, -0.05) is 5.16 Å². The number of nitrogens with zero attached hydrogens (tertiary/aromatic N) is 3. The zero-order chi connectivity index (χ0) is 15.8. The number of fused-ring (bicyclic) bond motifs is 1. The summed E-state index contributed by atoms with van der Waals surface area (Å²) in [7, 11) is 0. The van der Waals surface area contributed by atoms with E-state index in [0.717, 1.165) is 48.0 Å². The molecule has 3 heterocycles. The summed E-state index contributed by atoms with van der Waals surface area (Å²) in [5, 5.41) is 7.08. The maximum Gasteiger partial charge on any atom is 0.159 e. The predicted molar refractivity (Wildman–Crippen MR) is 81.8 cm³/mol. The fourth-order valence-corrected chi connectivity index (χ4v) is 3.45. The number of halogens is 2. The summed E-state index contributed by atoms with van der Waals surface area (Å²) in [5.41, 5.74) is 2.06. The van der Waals surface area contributed by atoms with Crippen molar-refractivity contribution >= 4 is 11.3 Å². The van der Waals surface area contributed by atoms with Crippen LogP contribution in [0.2, 0.25) is 0 Å². The molecule has 0 unspecified atom stereocenters. The molecule has 0 saturated heterocycles. The Labute approximate surface area is 135 Å². The highest BCUT2D eigenvalue weighted by Gasteiger charge is 2.25. The summed E-state index contributed by atoms with van der Waals surface area (Å²) in [4.78, 5) is 6.55. The van der Waals surface area contributed by atoms with E-state index in [0.29, 0.717) is 17.8 Å². The standard InChI is InChI=1S/C16H13F2N3OS/c17-12-2-1-10(7-13(12)18)16-11-8-21(5-3-14(11)22-20-16)9-15-19-4-6-23-15/h1-2,4,6-7H,3,5,8-9H2. The van der Waals surface area contributed by atoms with Crippen molar-refractivity contribution in [2.24, 2.45) is 0 Å². The van der Waals surface area contributed by atoms with Crippen molar-refractivity contribution in [1.29, 1.82) is 0 Å². The molecule has 2 aromatic heterocycles. The van der Waals surface area contributed by atoms with Crippen LogP contribution in [0.3, 0.4) is 0 Å². The van der Waals surface area contributed by atoms with Crippen LogP contribution in [-0.2, 0) is 19.5 Å². The van der Waals surface area contributed by atoms with Gasteiger partial charge in [0, 0.05) is 42.2 Å². The van der Waals surface area contributed by atoms with E-state index in [1.165, 1.54) is 6.07 Å². The van der Waals surface area contributed by atoms with Gasteiger partial charge < -0.3 is 4.52 Å². The summed E-state index contributed by atoms with van der Waals surface area (Å²) in [6.07, 6.45) is 2.54. The monoisotopic (exact) mass is 333 g/mol. The second-order valence-electron chi connectivity index (χ2n) is 5.45. The molecule has 0 fully saturated rings. The van der Waals surface area contributed by atoms with E-state index in [4.69, 9.17) is 4.52 Å². The van der Waals surface area contributed by atoms with Crippen molar-refractivity contribution in [2.45, 2.75) is 19.5 Å². The van der Waals surface area contributed by atoms with Gasteiger partial charge in [0.15, 0.2) is 11.6 Å². The van der Waals surface area contributed by atoms with Gasteiger partial charge >= 0.3 is 0 Å². The van der Waals surface area contributed by atoms with Gasteiger partial charge in [-0.05, 0) is 18.2 Å². The van der Waals surface area contributed by atoms with Crippen molar-refractivity contribution < 1.29 is 13.3 Å². The third-order valence-corrected chi connectivity index (χ3v) is 4.71. The van der Waals surface area contributed by atoms with E-state index < -0.39 is 11.6 Å². The molecule has 7 heteroatoms. The van der Waals surface area contributed by atoms with E-state index in [1.54, 1.807) is 17.5 Å². The van der Waals surface area contributed by atoms with Gasteiger partial charge in [0.05, 0.1) is 6.54 Å². The second kappa shape index (κ2) is 5.82. The van der Waals surface area contributed by atoms with Crippen LogP contribution in [0.1, 0.15) is 16.3 Å². The van der Waals surface area contributed by atoms with Crippen LogP contribution in [0.15, 0.2) is 34.3 Å². The largest absolute Gasteiger partial charge is 0.360 e. The Morgan fingerprint density at radius 2 is 2.17 bits per heavy atom. The molecular weight excluding hydrogens is 320 g/mol. The Balaban J connectivity index is 1.62. The molecule has 4 rings (SSSR count). The highest BCUT2D eigenvalue weighted by molar-refractivity contribution is 7.09. The SMILES string of the molecule is Fc1ccc(-c2noc3c2CN(Cc2nccs2)CC3)cc1F. The molecule has 1 aromatic carbocycles. The molecule has 0 bridgehead atoms. The zero-order valence-corrected chi connectivity index (χ0v) is 12.9. The quantitative estimate of drug-likeness (QED) is 0.734. The molecular formula is C16H13F2N3OS. The van der Waals surface area contributed by atoms with Gasteiger partial charge in [-0.15, -0.1) is 11.3 Å². The molecule has 0 radical (unpaired) electrons. The molecule has 0 spiro atoms. The number of aromatic nitrogens is 2. The third kappa shape index (κ3) is 2.77. The summed E-state index contributed by atoms with van der Waals surface area (Å²) in [6, 6.07) is 3.80. The minimum Gasteiger partial charge on any atom is -0.360 e. The normalized spacial score (nSPS) is 14.9. The van der Waals surface area contributed by atoms with Gasteiger partial charge in [0.2, 0.25) is 0 Å². The average Bonchev–Trinajstić information content (AvgIpc) is 3.19. The van der Waals surface area contributed by atoms with Gasteiger partial charge in [0.1, 0.15) is 16.5 Å². The van der Waals surface area contributed by atoms with E-state index in [2.05, 4.69) is 15.0 Å². The lowest BCUT2D eigenvalue weighted by atomic mass is 10.0. The lowest BCUT2D eigenvalue weighted by Crippen LogP contribution is -2.29. The lowest BCUT2D eigenvalue weighted by Gasteiger charge is -2.25. The molecule has 3 aromatic rings. The van der Waals surface area contributed by atoms with Crippen molar-refractivity contribution in [3.8, 4) is 11.3 Å². The number of rotatable bonds is 3. The third-order valence-electron chi connectivity index (χ3n) is 3.94. The zero-order valence-electron chi connectivity index (χ0n) is 12.1. The van der Waals surface area contributed by atoms with Crippen LogP contribution in [-0.4, -0.2) is 21.6 Å². The van der Waals surface area contributed by atoms with Gasteiger partial charge in [0.25, 0.3) is 0 Å². The lowest BCUT2D eigenvalue weighted by molar-refractivity contribution is 0.228. The summed E-state index contributed by atoms with van der Waals surface area (Å²) in [5.74, 6) is -0.925. The molecule has 0 saturated carbocycles. The number of benzene rings is 1. The maximum absolute atomic E-state index is 13.5. The Morgan fingerprint density at radius 1 is 1.26 bits per heavy atom. The fraction of sp³-hybridized carbons (Fsp3) is 0.250. The maximum atomic E-state index is 13.5.